The first-order valence-corrected chi connectivity index (χ1v) is 5.72. The zero-order valence-corrected chi connectivity index (χ0v) is 11.3. The van der Waals surface area contributed by atoms with Gasteiger partial charge in [-0.3, -0.25) is 14.3 Å². The second-order valence-corrected chi connectivity index (χ2v) is 4.41. The van der Waals surface area contributed by atoms with Gasteiger partial charge < -0.3 is 4.90 Å². The maximum atomic E-state index is 11.8. The lowest BCUT2D eigenvalue weighted by Crippen LogP contribution is -2.22. The highest BCUT2D eigenvalue weighted by Gasteiger charge is 2.17. The van der Waals surface area contributed by atoms with E-state index in [0.29, 0.717) is 22.8 Å². The third-order valence-electron chi connectivity index (χ3n) is 2.79. The summed E-state index contributed by atoms with van der Waals surface area (Å²) in [6.07, 6.45) is 2.38. The van der Waals surface area contributed by atoms with E-state index < -0.39 is 0 Å². The molecule has 2 heterocycles. The number of hydrogen-bond donors (Lipinski definition) is 0. The molecule has 2 aromatic rings. The Balaban J connectivity index is 2.49. The first kappa shape index (κ1) is 13.0. The van der Waals surface area contributed by atoms with Crippen LogP contribution in [0.15, 0.2) is 12.3 Å². The molecule has 19 heavy (non-hydrogen) atoms. The summed E-state index contributed by atoms with van der Waals surface area (Å²) < 4.78 is 3.05. The van der Waals surface area contributed by atoms with Gasteiger partial charge >= 0.3 is 0 Å². The normalized spacial score (nSPS) is 10.5. The van der Waals surface area contributed by atoms with E-state index in [1.54, 1.807) is 45.0 Å². The van der Waals surface area contributed by atoms with Gasteiger partial charge in [0.15, 0.2) is 17.8 Å². The van der Waals surface area contributed by atoms with Crippen LogP contribution >= 0.6 is 0 Å². The maximum absolute atomic E-state index is 11.8. The summed E-state index contributed by atoms with van der Waals surface area (Å²) in [5.41, 5.74) is 1.42. The van der Waals surface area contributed by atoms with Gasteiger partial charge in [0, 0.05) is 27.3 Å². The number of aryl methyl sites for hydroxylation is 2. The van der Waals surface area contributed by atoms with Gasteiger partial charge in [0.25, 0.3) is 5.91 Å². The van der Waals surface area contributed by atoms with Gasteiger partial charge in [-0.2, -0.15) is 10.2 Å². The SMILES string of the molecule is Cc1nn(C)c(-n2ccc(C(=O)N(C)C)n2)c1C=O. The van der Waals surface area contributed by atoms with Crippen LogP contribution < -0.4 is 0 Å². The van der Waals surface area contributed by atoms with Crippen molar-refractivity contribution in [2.75, 3.05) is 14.1 Å². The van der Waals surface area contributed by atoms with Crippen LogP contribution in [0.3, 0.4) is 0 Å². The highest BCUT2D eigenvalue weighted by Crippen LogP contribution is 2.15. The molecule has 7 nitrogen and oxygen atoms in total. The molecule has 7 heteroatoms. The zero-order valence-electron chi connectivity index (χ0n) is 11.3. The quantitative estimate of drug-likeness (QED) is 0.751. The maximum Gasteiger partial charge on any atom is 0.273 e. The summed E-state index contributed by atoms with van der Waals surface area (Å²) in [6, 6.07) is 1.61. The highest BCUT2D eigenvalue weighted by molar-refractivity contribution is 5.92. The van der Waals surface area contributed by atoms with Crippen molar-refractivity contribution in [1.82, 2.24) is 24.5 Å². The molecule has 0 aliphatic heterocycles. The topological polar surface area (TPSA) is 73.0 Å². The van der Waals surface area contributed by atoms with Gasteiger partial charge in [0.05, 0.1) is 11.3 Å². The van der Waals surface area contributed by atoms with Crippen LogP contribution in [0.5, 0.6) is 0 Å². The molecule has 0 atom stereocenters. The predicted molar refractivity (Wildman–Crippen MR) is 68.5 cm³/mol. The van der Waals surface area contributed by atoms with Gasteiger partial charge in [-0.05, 0) is 13.0 Å². The molecule has 0 aliphatic rings. The van der Waals surface area contributed by atoms with E-state index in [4.69, 9.17) is 0 Å². The van der Waals surface area contributed by atoms with Crippen LogP contribution in [0.4, 0.5) is 0 Å². The number of carbonyl (C=O) groups is 2. The van der Waals surface area contributed by atoms with Crippen LogP contribution in [0, 0.1) is 6.92 Å². The number of aldehydes is 1. The fourth-order valence-electron chi connectivity index (χ4n) is 1.86. The predicted octanol–water partition coefficient (Wildman–Crippen LogP) is 0.429. The molecule has 2 aromatic heterocycles. The molecule has 0 unspecified atom stereocenters. The van der Waals surface area contributed by atoms with Crippen LogP contribution in [-0.2, 0) is 7.05 Å². The van der Waals surface area contributed by atoms with E-state index in [1.165, 1.54) is 9.58 Å². The Labute approximate surface area is 110 Å². The van der Waals surface area contributed by atoms with Crippen molar-refractivity contribution in [3.63, 3.8) is 0 Å². The summed E-state index contributed by atoms with van der Waals surface area (Å²) in [6.45, 7) is 1.75. The molecule has 1 amide bonds. The van der Waals surface area contributed by atoms with Crippen molar-refractivity contribution >= 4 is 12.2 Å². The van der Waals surface area contributed by atoms with Crippen molar-refractivity contribution in [2.45, 2.75) is 6.92 Å². The Hall–Kier alpha value is -2.44. The second kappa shape index (κ2) is 4.68. The molecule has 0 saturated heterocycles. The van der Waals surface area contributed by atoms with Crippen molar-refractivity contribution in [3.8, 4) is 5.82 Å². The Bertz CT molecular complexity index is 639. The number of amides is 1. The molecule has 0 fully saturated rings. The van der Waals surface area contributed by atoms with Crippen LogP contribution in [0.25, 0.3) is 5.82 Å². The molecular weight excluding hydrogens is 246 g/mol. The molecule has 0 spiro atoms. The van der Waals surface area contributed by atoms with Gasteiger partial charge in [0.1, 0.15) is 0 Å². The molecule has 2 rings (SSSR count). The average Bonchev–Trinajstić information content (AvgIpc) is 2.92. The molecule has 0 radical (unpaired) electrons. The van der Waals surface area contributed by atoms with E-state index in [-0.39, 0.29) is 5.91 Å². The van der Waals surface area contributed by atoms with Crippen molar-refractivity contribution < 1.29 is 9.59 Å². The minimum absolute atomic E-state index is 0.190. The summed E-state index contributed by atoms with van der Waals surface area (Å²) >= 11 is 0. The number of hydrogen-bond acceptors (Lipinski definition) is 4. The number of nitrogens with zero attached hydrogens (tertiary/aromatic N) is 5. The van der Waals surface area contributed by atoms with Gasteiger partial charge in [-0.1, -0.05) is 0 Å². The largest absolute Gasteiger partial charge is 0.343 e. The molecule has 0 N–H and O–H groups in total. The number of rotatable bonds is 3. The molecule has 0 bridgehead atoms. The lowest BCUT2D eigenvalue weighted by Gasteiger charge is -2.07. The number of aromatic nitrogens is 4. The minimum atomic E-state index is -0.190. The van der Waals surface area contributed by atoms with E-state index in [2.05, 4.69) is 10.2 Å². The lowest BCUT2D eigenvalue weighted by molar-refractivity contribution is 0.0821. The summed E-state index contributed by atoms with van der Waals surface area (Å²) in [5.74, 6) is 0.357. The van der Waals surface area contributed by atoms with Crippen molar-refractivity contribution in [3.05, 3.63) is 29.2 Å². The fraction of sp³-hybridized carbons (Fsp3) is 0.333. The molecular formula is C12H15N5O2. The average molecular weight is 261 g/mol. The van der Waals surface area contributed by atoms with E-state index in [9.17, 15) is 9.59 Å². The Morgan fingerprint density at radius 2 is 2.05 bits per heavy atom. The van der Waals surface area contributed by atoms with Crippen LogP contribution in [-0.4, -0.2) is 50.7 Å². The first-order valence-electron chi connectivity index (χ1n) is 5.72. The van der Waals surface area contributed by atoms with Crippen LogP contribution in [0.2, 0.25) is 0 Å². The Morgan fingerprint density at radius 1 is 1.37 bits per heavy atom. The van der Waals surface area contributed by atoms with Gasteiger partial charge in [-0.25, -0.2) is 4.68 Å². The molecule has 0 aromatic carbocycles. The smallest absolute Gasteiger partial charge is 0.273 e. The highest BCUT2D eigenvalue weighted by atomic mass is 16.2. The Kier molecular flexibility index (Phi) is 3.20. The minimum Gasteiger partial charge on any atom is -0.343 e. The van der Waals surface area contributed by atoms with E-state index in [1.807, 2.05) is 0 Å². The van der Waals surface area contributed by atoms with Crippen molar-refractivity contribution in [2.24, 2.45) is 7.05 Å². The van der Waals surface area contributed by atoms with Gasteiger partial charge in [-0.15, -0.1) is 0 Å². The van der Waals surface area contributed by atoms with E-state index >= 15 is 0 Å². The Morgan fingerprint density at radius 3 is 2.63 bits per heavy atom. The first-order chi connectivity index (χ1) is 8.95. The van der Waals surface area contributed by atoms with E-state index in [0.717, 1.165) is 6.29 Å². The standard InChI is InChI=1S/C12H15N5O2/c1-8-9(7-18)11(16(4)13-8)17-6-5-10(14-17)12(19)15(2)3/h5-7H,1-4H3. The molecule has 0 saturated carbocycles. The zero-order chi connectivity index (χ0) is 14.2. The van der Waals surface area contributed by atoms with Crippen molar-refractivity contribution in [1.29, 1.82) is 0 Å². The second-order valence-electron chi connectivity index (χ2n) is 4.41. The van der Waals surface area contributed by atoms with Gasteiger partial charge in [0.2, 0.25) is 0 Å². The fourth-order valence-corrected chi connectivity index (χ4v) is 1.86. The number of carbonyl (C=O) groups excluding carboxylic acids is 2. The lowest BCUT2D eigenvalue weighted by atomic mass is 10.3. The molecule has 0 aliphatic carbocycles. The third-order valence-corrected chi connectivity index (χ3v) is 2.79. The summed E-state index contributed by atoms with van der Waals surface area (Å²) in [5, 5.41) is 8.37. The summed E-state index contributed by atoms with van der Waals surface area (Å²) in [7, 11) is 5.04. The summed E-state index contributed by atoms with van der Waals surface area (Å²) in [4.78, 5) is 24.4. The van der Waals surface area contributed by atoms with Crippen LogP contribution in [0.1, 0.15) is 26.5 Å². The molecule has 100 valence electrons. The monoisotopic (exact) mass is 261 g/mol. The third kappa shape index (κ3) is 2.14.